The van der Waals surface area contributed by atoms with Gasteiger partial charge in [0.2, 0.25) is 5.60 Å². The van der Waals surface area contributed by atoms with Gasteiger partial charge in [-0.05, 0) is 6.07 Å². The number of hydrogen-bond acceptors (Lipinski definition) is 8. The molecule has 1 aromatic carbocycles. The largest absolute Gasteiger partial charge is 0.424 e. The molecule has 4 atom stereocenters. The lowest BCUT2D eigenvalue weighted by Gasteiger charge is -2.35. The molecule has 15 heteroatoms. The smallest absolute Gasteiger partial charge is 0.381 e. The van der Waals surface area contributed by atoms with Gasteiger partial charge in [0.1, 0.15) is 5.75 Å². The summed E-state index contributed by atoms with van der Waals surface area (Å²) in [5, 5.41) is 10.1. The highest BCUT2D eigenvalue weighted by molar-refractivity contribution is 8.07. The number of H-pyrrole nitrogens is 1. The third-order valence-electron chi connectivity index (χ3n) is 5.01. The van der Waals surface area contributed by atoms with Crippen LogP contribution in [0, 0.1) is 0 Å². The number of aromatic amines is 1. The number of aliphatic hydroxyl groups is 1. The van der Waals surface area contributed by atoms with Crippen LogP contribution >= 0.6 is 6.72 Å². The Bertz CT molecular complexity index is 1190. The van der Waals surface area contributed by atoms with Gasteiger partial charge in [-0.2, -0.15) is 8.78 Å². The summed E-state index contributed by atoms with van der Waals surface area (Å²) < 4.78 is 79.0. The first-order valence-corrected chi connectivity index (χ1v) is 11.5. The van der Waals surface area contributed by atoms with Crippen LogP contribution in [-0.2, 0) is 32.2 Å². The van der Waals surface area contributed by atoms with E-state index in [4.69, 9.17) is 30.1 Å². The fourth-order valence-electron chi connectivity index (χ4n) is 3.26. The van der Waals surface area contributed by atoms with Crippen molar-refractivity contribution in [1.82, 2.24) is 9.55 Å². The number of nitrogens with zero attached hydrogens (tertiary/aromatic N) is 1. The van der Waals surface area contributed by atoms with E-state index in [9.17, 15) is 32.3 Å². The van der Waals surface area contributed by atoms with Crippen molar-refractivity contribution in [2.45, 2.75) is 36.9 Å². The van der Waals surface area contributed by atoms with E-state index >= 15 is 0 Å². The van der Waals surface area contributed by atoms with Crippen molar-refractivity contribution in [3.8, 4) is 5.75 Å². The number of halogens is 4. The number of ether oxygens (including phenoxy) is 1. The maximum absolute atomic E-state index is 14.9. The molecule has 0 bridgehead atoms. The third kappa shape index (κ3) is 3.70. The molecule has 1 unspecified atom stereocenters. The lowest BCUT2D eigenvalue weighted by molar-refractivity contribution is -0.242. The Morgan fingerprint density at radius 1 is 1.31 bits per heavy atom. The second-order valence-electron chi connectivity index (χ2n) is 6.98. The number of aromatic nitrogens is 2. The third-order valence-corrected chi connectivity index (χ3v) is 7.18. The zero-order valence-corrected chi connectivity index (χ0v) is 17.5. The van der Waals surface area contributed by atoms with Crippen LogP contribution in [0.5, 0.6) is 5.75 Å². The summed E-state index contributed by atoms with van der Waals surface area (Å²) in [6.07, 6.45) is -8.27. The minimum atomic E-state index is -4.59. The molecule has 174 valence electrons. The van der Waals surface area contributed by atoms with Crippen molar-refractivity contribution in [3.63, 3.8) is 0 Å². The van der Waals surface area contributed by atoms with Gasteiger partial charge >= 0.3 is 18.3 Å². The van der Waals surface area contributed by atoms with Gasteiger partial charge in [0.05, 0.1) is 13.2 Å². The van der Waals surface area contributed by atoms with E-state index < -0.39 is 54.9 Å². The van der Waals surface area contributed by atoms with Gasteiger partial charge in [-0.3, -0.25) is 23.4 Å². The SMILES string of the molecule is O=c1ccn([C@@H]2O[C@@](COP3(=S)OCc4ccccc4O3)(C(F)F)C(F)(F)[C@@H]2O)c(=O)[nH]1. The summed E-state index contributed by atoms with van der Waals surface area (Å²) in [5.41, 5.74) is -5.21. The molecule has 3 heterocycles. The fraction of sp³-hybridized carbons (Fsp3) is 0.412. The number of rotatable bonds is 5. The molecule has 0 aliphatic carbocycles. The van der Waals surface area contributed by atoms with Crippen LogP contribution in [0.1, 0.15) is 11.8 Å². The average molecular weight is 498 g/mol. The van der Waals surface area contributed by atoms with Crippen molar-refractivity contribution in [2.24, 2.45) is 0 Å². The molecule has 0 spiro atoms. The van der Waals surface area contributed by atoms with Crippen LogP contribution in [0.25, 0.3) is 0 Å². The van der Waals surface area contributed by atoms with Gasteiger partial charge < -0.3 is 14.4 Å². The number of benzene rings is 1. The minimum absolute atomic E-state index is 0.0929. The van der Waals surface area contributed by atoms with Crippen LogP contribution in [0.2, 0.25) is 0 Å². The second-order valence-corrected chi connectivity index (χ2v) is 9.91. The standard InChI is InChI=1S/C17H15F4N2O7PS/c18-14(19)16(8-28-31(32)27-7-9-3-1-2-4-10(9)30-31)17(20,21)12(25)13(29-16)23-6-5-11(24)22-15(23)26/h1-6,12-14,25H,7-8H2,(H,22,24,26)/t12-,13-,16+,31?/m1/s1. The van der Waals surface area contributed by atoms with Gasteiger partial charge in [-0.25, -0.2) is 13.6 Å². The quantitative estimate of drug-likeness (QED) is 0.475. The molecule has 2 aromatic rings. The molecule has 2 aliphatic rings. The Hall–Kier alpha value is -2.09. The summed E-state index contributed by atoms with van der Waals surface area (Å²) in [7, 11) is 0. The first-order valence-electron chi connectivity index (χ1n) is 8.99. The second kappa shape index (κ2) is 8.04. The number of aliphatic hydroxyl groups excluding tert-OH is 1. The van der Waals surface area contributed by atoms with E-state index in [2.05, 4.69) is 0 Å². The van der Waals surface area contributed by atoms with Crippen LogP contribution in [0.3, 0.4) is 0 Å². The molecule has 32 heavy (non-hydrogen) atoms. The Morgan fingerprint density at radius 3 is 2.72 bits per heavy atom. The van der Waals surface area contributed by atoms with Gasteiger partial charge in [-0.1, -0.05) is 18.2 Å². The van der Waals surface area contributed by atoms with Crippen molar-refractivity contribution in [1.29, 1.82) is 0 Å². The Kier molecular flexibility index (Phi) is 5.80. The Morgan fingerprint density at radius 2 is 2.03 bits per heavy atom. The summed E-state index contributed by atoms with van der Waals surface area (Å²) in [6, 6.07) is 7.27. The zero-order valence-electron chi connectivity index (χ0n) is 15.8. The van der Waals surface area contributed by atoms with Crippen LogP contribution in [0.4, 0.5) is 17.6 Å². The van der Waals surface area contributed by atoms with E-state index in [-0.39, 0.29) is 12.4 Å². The molecular weight excluding hydrogens is 483 g/mol. The van der Waals surface area contributed by atoms with Gasteiger partial charge in [0.15, 0.2) is 12.3 Å². The van der Waals surface area contributed by atoms with E-state index in [1.165, 1.54) is 6.07 Å². The van der Waals surface area contributed by atoms with E-state index in [1.807, 2.05) is 0 Å². The van der Waals surface area contributed by atoms with Crippen LogP contribution < -0.4 is 15.8 Å². The summed E-state index contributed by atoms with van der Waals surface area (Å²) >= 11 is 5.10. The van der Waals surface area contributed by atoms with E-state index in [0.29, 0.717) is 10.1 Å². The summed E-state index contributed by atoms with van der Waals surface area (Å²) in [6.45, 7) is -5.38. The summed E-state index contributed by atoms with van der Waals surface area (Å²) in [5.74, 6) is -4.34. The number of para-hydroxylation sites is 1. The number of fused-ring (bicyclic) bond motifs is 1. The highest BCUT2D eigenvalue weighted by Crippen LogP contribution is 2.58. The topological polar surface area (TPSA) is 112 Å². The number of nitrogens with one attached hydrogen (secondary N) is 1. The van der Waals surface area contributed by atoms with Crippen LogP contribution in [0.15, 0.2) is 46.1 Å². The molecule has 4 rings (SSSR count). The first-order chi connectivity index (χ1) is 15.0. The monoisotopic (exact) mass is 498 g/mol. The molecule has 2 aliphatic heterocycles. The molecule has 0 saturated carbocycles. The predicted octanol–water partition coefficient (Wildman–Crippen LogP) is 1.92. The average Bonchev–Trinajstić information content (AvgIpc) is 2.93. The maximum Gasteiger partial charge on any atom is 0.381 e. The molecule has 1 fully saturated rings. The van der Waals surface area contributed by atoms with Crippen molar-refractivity contribution >= 4 is 18.5 Å². The first kappa shape index (κ1) is 23.1. The Labute approximate surface area is 181 Å². The highest BCUT2D eigenvalue weighted by Gasteiger charge is 2.74. The normalized spacial score (nSPS) is 31.3. The lowest BCUT2D eigenvalue weighted by atomic mass is 9.95. The molecule has 1 aromatic heterocycles. The van der Waals surface area contributed by atoms with E-state index in [1.54, 1.807) is 23.2 Å². The van der Waals surface area contributed by atoms with Crippen LogP contribution in [-0.4, -0.2) is 45.3 Å². The molecule has 0 radical (unpaired) electrons. The van der Waals surface area contributed by atoms with Gasteiger partial charge in [0.25, 0.3) is 12.0 Å². The van der Waals surface area contributed by atoms with Crippen molar-refractivity contribution in [3.05, 3.63) is 62.9 Å². The predicted molar refractivity (Wildman–Crippen MR) is 103 cm³/mol. The number of alkyl halides is 4. The highest BCUT2D eigenvalue weighted by atomic mass is 32.5. The van der Waals surface area contributed by atoms with E-state index in [0.717, 1.165) is 12.3 Å². The fourth-order valence-corrected chi connectivity index (χ4v) is 5.06. The maximum atomic E-state index is 14.9. The molecule has 1 saturated heterocycles. The molecule has 0 amide bonds. The van der Waals surface area contributed by atoms with Gasteiger partial charge in [-0.15, -0.1) is 0 Å². The number of hydrogen-bond donors (Lipinski definition) is 2. The summed E-state index contributed by atoms with van der Waals surface area (Å²) in [4.78, 5) is 24.9. The zero-order chi connectivity index (χ0) is 23.3. The van der Waals surface area contributed by atoms with Gasteiger partial charge in [0, 0.05) is 29.6 Å². The molecule has 9 nitrogen and oxygen atoms in total. The lowest BCUT2D eigenvalue weighted by Crippen LogP contribution is -2.57. The van der Waals surface area contributed by atoms with Crippen molar-refractivity contribution in [2.75, 3.05) is 6.61 Å². The Balaban J connectivity index is 1.63. The van der Waals surface area contributed by atoms with Crippen molar-refractivity contribution < 1.29 is 41.0 Å². The minimum Gasteiger partial charge on any atom is -0.424 e. The molecular formula is C17H15F4N2O7PS. The molecule has 2 N–H and O–H groups in total.